The summed E-state index contributed by atoms with van der Waals surface area (Å²) in [5.74, 6) is 1.80. The fraction of sp³-hybridized carbons (Fsp3) is 0.667. The zero-order chi connectivity index (χ0) is 13.3. The Morgan fingerprint density at radius 1 is 1.44 bits per heavy atom. The molecule has 0 saturated carbocycles. The maximum absolute atomic E-state index is 11.7. The summed E-state index contributed by atoms with van der Waals surface area (Å²) < 4.78 is 23.4. The van der Waals surface area contributed by atoms with Crippen molar-refractivity contribution < 1.29 is 8.42 Å². The largest absolute Gasteiger partial charge is 0.354 e. The molecule has 100 valence electrons. The molecule has 1 unspecified atom stereocenters. The summed E-state index contributed by atoms with van der Waals surface area (Å²) in [6.45, 7) is 6.71. The minimum Gasteiger partial charge on any atom is -0.354 e. The third-order valence-corrected chi connectivity index (χ3v) is 5.43. The van der Waals surface area contributed by atoms with Gasteiger partial charge in [-0.25, -0.2) is 18.4 Å². The van der Waals surface area contributed by atoms with Gasteiger partial charge in [0.25, 0.3) is 0 Å². The zero-order valence-electron chi connectivity index (χ0n) is 11.0. The molecule has 6 heteroatoms. The van der Waals surface area contributed by atoms with Crippen LogP contribution in [0.2, 0.25) is 0 Å². The van der Waals surface area contributed by atoms with Crippen LogP contribution in [0.1, 0.15) is 25.4 Å². The number of aryl methyl sites for hydroxylation is 2. The summed E-state index contributed by atoms with van der Waals surface area (Å²) in [5, 5.41) is -0.327. The van der Waals surface area contributed by atoms with Gasteiger partial charge < -0.3 is 4.90 Å². The van der Waals surface area contributed by atoms with E-state index >= 15 is 0 Å². The van der Waals surface area contributed by atoms with Crippen molar-refractivity contribution in [1.82, 2.24) is 9.97 Å². The van der Waals surface area contributed by atoms with Gasteiger partial charge in [-0.05, 0) is 20.3 Å². The molecule has 1 saturated heterocycles. The number of sulfone groups is 1. The minimum atomic E-state index is -2.91. The topological polar surface area (TPSA) is 63.2 Å². The lowest BCUT2D eigenvalue weighted by atomic mass is 10.3. The second-order valence-corrected chi connectivity index (χ2v) is 7.28. The van der Waals surface area contributed by atoms with Gasteiger partial charge in [0.15, 0.2) is 9.84 Å². The average molecular weight is 269 g/mol. The molecule has 0 bridgehead atoms. The Balaban J connectivity index is 2.25. The highest BCUT2D eigenvalue weighted by Gasteiger charge is 2.30. The number of hydrogen-bond donors (Lipinski definition) is 0. The summed E-state index contributed by atoms with van der Waals surface area (Å²) in [6, 6.07) is 1.96. The molecular weight excluding hydrogens is 250 g/mol. The maximum atomic E-state index is 11.7. The lowest BCUT2D eigenvalue weighted by molar-refractivity contribution is 0.568. The SMILES string of the molecule is CCc1cc(N2CCS(=O)(=O)C(C)C2)nc(C)n1. The molecule has 1 aliphatic heterocycles. The Bertz CT molecular complexity index is 542. The molecule has 0 N–H and O–H groups in total. The van der Waals surface area contributed by atoms with Gasteiger partial charge in [0.2, 0.25) is 0 Å². The lowest BCUT2D eigenvalue weighted by Crippen LogP contribution is -2.46. The van der Waals surface area contributed by atoms with Crippen molar-refractivity contribution in [3.05, 3.63) is 17.6 Å². The monoisotopic (exact) mass is 269 g/mol. The number of nitrogens with zero attached hydrogens (tertiary/aromatic N) is 3. The smallest absolute Gasteiger partial charge is 0.156 e. The Labute approximate surface area is 108 Å². The Hall–Kier alpha value is -1.17. The van der Waals surface area contributed by atoms with Crippen LogP contribution in [0, 0.1) is 6.92 Å². The van der Waals surface area contributed by atoms with Gasteiger partial charge in [0, 0.05) is 24.8 Å². The van der Waals surface area contributed by atoms with Crippen molar-refractivity contribution in [1.29, 1.82) is 0 Å². The highest BCUT2D eigenvalue weighted by molar-refractivity contribution is 7.92. The molecule has 1 atom stereocenters. The van der Waals surface area contributed by atoms with E-state index in [1.807, 2.05) is 17.9 Å². The van der Waals surface area contributed by atoms with Gasteiger partial charge in [-0.15, -0.1) is 0 Å². The van der Waals surface area contributed by atoms with Crippen LogP contribution in [0.5, 0.6) is 0 Å². The van der Waals surface area contributed by atoms with E-state index in [1.54, 1.807) is 6.92 Å². The van der Waals surface area contributed by atoms with E-state index in [4.69, 9.17) is 0 Å². The van der Waals surface area contributed by atoms with Crippen LogP contribution in [-0.4, -0.2) is 42.5 Å². The third-order valence-electron chi connectivity index (χ3n) is 3.30. The normalized spacial score (nSPS) is 23.1. The van der Waals surface area contributed by atoms with Gasteiger partial charge in [-0.1, -0.05) is 6.92 Å². The highest BCUT2D eigenvalue weighted by Crippen LogP contribution is 2.19. The van der Waals surface area contributed by atoms with E-state index in [0.717, 1.165) is 23.8 Å². The Morgan fingerprint density at radius 2 is 2.17 bits per heavy atom. The van der Waals surface area contributed by atoms with Crippen LogP contribution in [0.15, 0.2) is 6.07 Å². The molecule has 2 heterocycles. The molecule has 0 amide bonds. The number of anilines is 1. The first-order chi connectivity index (χ1) is 8.42. The molecule has 1 aromatic heterocycles. The van der Waals surface area contributed by atoms with Crippen molar-refractivity contribution in [2.45, 2.75) is 32.4 Å². The van der Waals surface area contributed by atoms with Crippen molar-refractivity contribution in [3.8, 4) is 0 Å². The van der Waals surface area contributed by atoms with Crippen molar-refractivity contribution in [3.63, 3.8) is 0 Å². The first-order valence-corrected chi connectivity index (χ1v) is 7.95. The second-order valence-electron chi connectivity index (χ2n) is 4.74. The van der Waals surface area contributed by atoms with Gasteiger partial charge in [-0.3, -0.25) is 0 Å². The highest BCUT2D eigenvalue weighted by atomic mass is 32.2. The zero-order valence-corrected chi connectivity index (χ0v) is 11.9. The van der Waals surface area contributed by atoms with Crippen molar-refractivity contribution in [2.24, 2.45) is 0 Å². The third kappa shape index (κ3) is 2.63. The number of rotatable bonds is 2. The quantitative estimate of drug-likeness (QED) is 0.800. The van der Waals surface area contributed by atoms with E-state index in [1.165, 1.54) is 0 Å². The fourth-order valence-electron chi connectivity index (χ4n) is 2.12. The molecule has 1 aromatic rings. The van der Waals surface area contributed by atoms with Gasteiger partial charge in [0.1, 0.15) is 11.6 Å². The molecule has 0 aliphatic carbocycles. The molecule has 2 rings (SSSR count). The number of aromatic nitrogens is 2. The van der Waals surface area contributed by atoms with Crippen LogP contribution in [0.3, 0.4) is 0 Å². The number of hydrogen-bond acceptors (Lipinski definition) is 5. The predicted octanol–water partition coefficient (Wildman–Crippen LogP) is 0.971. The second kappa shape index (κ2) is 4.84. The molecule has 1 fully saturated rings. The molecule has 0 spiro atoms. The summed E-state index contributed by atoms with van der Waals surface area (Å²) in [7, 11) is -2.91. The first kappa shape index (κ1) is 13.3. The predicted molar refractivity (Wildman–Crippen MR) is 71.6 cm³/mol. The maximum Gasteiger partial charge on any atom is 0.156 e. The molecule has 1 aliphatic rings. The van der Waals surface area contributed by atoms with E-state index in [9.17, 15) is 8.42 Å². The minimum absolute atomic E-state index is 0.207. The fourth-order valence-corrected chi connectivity index (χ4v) is 3.40. The Morgan fingerprint density at radius 3 is 2.78 bits per heavy atom. The van der Waals surface area contributed by atoms with E-state index < -0.39 is 9.84 Å². The van der Waals surface area contributed by atoms with E-state index in [0.29, 0.717) is 13.1 Å². The van der Waals surface area contributed by atoms with Crippen molar-refractivity contribution in [2.75, 3.05) is 23.7 Å². The van der Waals surface area contributed by atoms with Crippen LogP contribution >= 0.6 is 0 Å². The summed E-state index contributed by atoms with van der Waals surface area (Å²) >= 11 is 0. The summed E-state index contributed by atoms with van der Waals surface area (Å²) in [6.07, 6.45) is 0.859. The van der Waals surface area contributed by atoms with E-state index in [2.05, 4.69) is 16.9 Å². The van der Waals surface area contributed by atoms with Crippen LogP contribution in [-0.2, 0) is 16.3 Å². The molecule has 5 nitrogen and oxygen atoms in total. The molecule has 0 radical (unpaired) electrons. The molecular formula is C12H19N3O2S. The lowest BCUT2D eigenvalue weighted by Gasteiger charge is -2.32. The van der Waals surface area contributed by atoms with Crippen LogP contribution in [0.4, 0.5) is 5.82 Å². The molecule has 0 aromatic carbocycles. The first-order valence-electron chi connectivity index (χ1n) is 6.23. The standard InChI is InChI=1S/C12H19N3O2S/c1-4-11-7-12(14-10(3)13-11)15-5-6-18(16,17)9(2)8-15/h7,9H,4-6,8H2,1-3H3. The summed E-state index contributed by atoms with van der Waals surface area (Å²) in [5.41, 5.74) is 0.999. The van der Waals surface area contributed by atoms with Crippen LogP contribution < -0.4 is 4.90 Å². The average Bonchev–Trinajstić information content (AvgIpc) is 2.32. The van der Waals surface area contributed by atoms with Gasteiger partial charge in [-0.2, -0.15) is 0 Å². The Kier molecular flexibility index (Phi) is 3.56. The van der Waals surface area contributed by atoms with Gasteiger partial charge >= 0.3 is 0 Å². The summed E-state index contributed by atoms with van der Waals surface area (Å²) in [4.78, 5) is 10.8. The molecule has 18 heavy (non-hydrogen) atoms. The van der Waals surface area contributed by atoms with Crippen LogP contribution in [0.25, 0.3) is 0 Å². The van der Waals surface area contributed by atoms with Crippen molar-refractivity contribution >= 4 is 15.7 Å². The van der Waals surface area contributed by atoms with E-state index in [-0.39, 0.29) is 11.0 Å². The van der Waals surface area contributed by atoms with Gasteiger partial charge in [0.05, 0.1) is 11.0 Å².